The van der Waals surface area contributed by atoms with Crippen LogP contribution < -0.4 is 5.32 Å². The number of nitrogens with one attached hydrogen (secondary N) is 1. The summed E-state index contributed by atoms with van der Waals surface area (Å²) >= 11 is 0. The first-order valence-corrected chi connectivity index (χ1v) is 6.18. The number of fused-ring (bicyclic) bond motifs is 1. The summed E-state index contributed by atoms with van der Waals surface area (Å²) in [5, 5.41) is 3.31. The van der Waals surface area contributed by atoms with Crippen molar-refractivity contribution in [3.8, 4) is 0 Å². The summed E-state index contributed by atoms with van der Waals surface area (Å²) in [7, 11) is 2.00. The predicted octanol–water partition coefficient (Wildman–Crippen LogP) is 2.28. The van der Waals surface area contributed by atoms with Crippen LogP contribution in [0, 0.1) is 6.92 Å². The molecule has 3 rings (SSSR count). The summed E-state index contributed by atoms with van der Waals surface area (Å²) in [6, 6.07) is 9.98. The van der Waals surface area contributed by atoms with E-state index in [-0.39, 0.29) is 0 Å². The van der Waals surface area contributed by atoms with Crippen LogP contribution >= 0.6 is 0 Å². The molecule has 0 amide bonds. The van der Waals surface area contributed by atoms with Crippen molar-refractivity contribution < 1.29 is 0 Å². The number of aromatic nitrogens is 4. The van der Waals surface area contributed by atoms with Gasteiger partial charge in [-0.25, -0.2) is 15.0 Å². The molecule has 3 aromatic rings. The van der Waals surface area contributed by atoms with E-state index in [4.69, 9.17) is 0 Å². The molecule has 5 heteroatoms. The van der Waals surface area contributed by atoms with Crippen LogP contribution in [0.1, 0.15) is 11.5 Å². The fourth-order valence-electron chi connectivity index (χ4n) is 2.08. The number of imidazole rings is 1. The standard InChI is InChI=1S/C14H15N5/c1-10-15-8-7-11(17-10)9-16-14-18-12-5-3-4-6-13(12)19(14)2/h3-8H,9H2,1-2H3,(H,16,18). The molecule has 2 aromatic heterocycles. The summed E-state index contributed by atoms with van der Waals surface area (Å²) in [5.74, 6) is 1.63. The second-order valence-corrected chi connectivity index (χ2v) is 4.43. The van der Waals surface area contributed by atoms with Crippen LogP contribution in [0.25, 0.3) is 11.0 Å². The minimum Gasteiger partial charge on any atom is -0.350 e. The van der Waals surface area contributed by atoms with E-state index >= 15 is 0 Å². The average Bonchev–Trinajstić information content (AvgIpc) is 2.74. The third-order valence-corrected chi connectivity index (χ3v) is 3.05. The van der Waals surface area contributed by atoms with E-state index in [0.29, 0.717) is 6.54 Å². The quantitative estimate of drug-likeness (QED) is 0.778. The number of anilines is 1. The van der Waals surface area contributed by atoms with Crippen molar-refractivity contribution in [1.82, 2.24) is 19.5 Å². The van der Waals surface area contributed by atoms with Gasteiger partial charge in [-0.2, -0.15) is 0 Å². The number of hydrogen-bond donors (Lipinski definition) is 1. The monoisotopic (exact) mass is 253 g/mol. The van der Waals surface area contributed by atoms with Crippen molar-refractivity contribution in [3.63, 3.8) is 0 Å². The van der Waals surface area contributed by atoms with Crippen molar-refractivity contribution in [2.75, 3.05) is 5.32 Å². The van der Waals surface area contributed by atoms with Gasteiger partial charge in [0, 0.05) is 13.2 Å². The van der Waals surface area contributed by atoms with E-state index in [0.717, 1.165) is 28.5 Å². The third-order valence-electron chi connectivity index (χ3n) is 3.05. The highest BCUT2D eigenvalue weighted by atomic mass is 15.2. The van der Waals surface area contributed by atoms with Crippen LogP contribution in [0.15, 0.2) is 36.5 Å². The van der Waals surface area contributed by atoms with Crippen molar-refractivity contribution >= 4 is 17.0 Å². The molecule has 2 heterocycles. The lowest BCUT2D eigenvalue weighted by Gasteiger charge is -2.06. The van der Waals surface area contributed by atoms with Crippen LogP contribution in [-0.4, -0.2) is 19.5 Å². The molecule has 0 aliphatic carbocycles. The molecule has 0 atom stereocenters. The molecule has 0 unspecified atom stereocenters. The van der Waals surface area contributed by atoms with Crippen LogP contribution in [0.2, 0.25) is 0 Å². The molecule has 0 spiro atoms. The van der Waals surface area contributed by atoms with Gasteiger partial charge in [-0.15, -0.1) is 0 Å². The van der Waals surface area contributed by atoms with Gasteiger partial charge in [0.2, 0.25) is 5.95 Å². The fraction of sp³-hybridized carbons (Fsp3) is 0.214. The maximum absolute atomic E-state index is 4.56. The summed E-state index contributed by atoms with van der Waals surface area (Å²) in [4.78, 5) is 13.0. The molecule has 1 aromatic carbocycles. The van der Waals surface area contributed by atoms with Gasteiger partial charge in [-0.05, 0) is 25.1 Å². The van der Waals surface area contributed by atoms with Gasteiger partial charge >= 0.3 is 0 Å². The van der Waals surface area contributed by atoms with E-state index in [1.165, 1.54) is 0 Å². The number of para-hydroxylation sites is 2. The predicted molar refractivity (Wildman–Crippen MR) is 74.8 cm³/mol. The molecule has 5 nitrogen and oxygen atoms in total. The number of nitrogens with zero attached hydrogens (tertiary/aromatic N) is 4. The lowest BCUT2D eigenvalue weighted by Crippen LogP contribution is -2.07. The van der Waals surface area contributed by atoms with E-state index in [9.17, 15) is 0 Å². The van der Waals surface area contributed by atoms with Gasteiger partial charge < -0.3 is 9.88 Å². The molecule has 0 bridgehead atoms. The Morgan fingerprint density at radius 3 is 2.79 bits per heavy atom. The van der Waals surface area contributed by atoms with Crippen molar-refractivity contribution in [2.45, 2.75) is 13.5 Å². The van der Waals surface area contributed by atoms with Gasteiger partial charge in [0.25, 0.3) is 0 Å². The molecule has 1 N–H and O–H groups in total. The largest absolute Gasteiger partial charge is 0.350 e. The zero-order valence-electron chi connectivity index (χ0n) is 11.0. The molecule has 19 heavy (non-hydrogen) atoms. The highest BCUT2D eigenvalue weighted by Gasteiger charge is 2.06. The Morgan fingerprint density at radius 1 is 1.16 bits per heavy atom. The number of rotatable bonds is 3. The molecule has 0 aliphatic heterocycles. The van der Waals surface area contributed by atoms with Gasteiger partial charge in [-0.1, -0.05) is 12.1 Å². The van der Waals surface area contributed by atoms with E-state index in [1.54, 1.807) is 6.20 Å². The Morgan fingerprint density at radius 2 is 2.00 bits per heavy atom. The first kappa shape index (κ1) is 11.6. The Labute approximate surface area is 111 Å². The Bertz CT molecular complexity index is 717. The zero-order valence-corrected chi connectivity index (χ0v) is 11.0. The summed E-state index contributed by atoms with van der Waals surface area (Å²) in [5.41, 5.74) is 3.06. The molecular formula is C14H15N5. The zero-order chi connectivity index (χ0) is 13.2. The molecule has 0 aliphatic rings. The molecular weight excluding hydrogens is 238 g/mol. The van der Waals surface area contributed by atoms with E-state index < -0.39 is 0 Å². The van der Waals surface area contributed by atoms with Crippen molar-refractivity contribution in [2.24, 2.45) is 7.05 Å². The van der Waals surface area contributed by atoms with E-state index in [1.807, 2.05) is 42.8 Å². The molecule has 0 saturated carbocycles. The Hall–Kier alpha value is -2.43. The highest BCUT2D eigenvalue weighted by molar-refractivity contribution is 5.78. The molecule has 0 fully saturated rings. The van der Waals surface area contributed by atoms with Crippen LogP contribution in [-0.2, 0) is 13.6 Å². The van der Waals surface area contributed by atoms with Crippen LogP contribution in [0.5, 0.6) is 0 Å². The smallest absolute Gasteiger partial charge is 0.203 e. The van der Waals surface area contributed by atoms with Gasteiger partial charge in [-0.3, -0.25) is 0 Å². The highest BCUT2D eigenvalue weighted by Crippen LogP contribution is 2.17. The lowest BCUT2D eigenvalue weighted by atomic mass is 10.3. The number of benzene rings is 1. The fourth-order valence-corrected chi connectivity index (χ4v) is 2.08. The minimum absolute atomic E-state index is 0.639. The van der Waals surface area contributed by atoms with E-state index in [2.05, 4.69) is 26.3 Å². The Balaban J connectivity index is 1.84. The maximum atomic E-state index is 4.56. The first-order valence-electron chi connectivity index (χ1n) is 6.18. The number of hydrogen-bond acceptors (Lipinski definition) is 4. The molecule has 96 valence electrons. The van der Waals surface area contributed by atoms with Crippen molar-refractivity contribution in [3.05, 3.63) is 48.0 Å². The first-order chi connectivity index (χ1) is 9.24. The summed E-state index contributed by atoms with van der Waals surface area (Å²) in [6.07, 6.45) is 1.77. The normalized spacial score (nSPS) is 10.8. The minimum atomic E-state index is 0.639. The molecule has 0 saturated heterocycles. The van der Waals surface area contributed by atoms with Crippen LogP contribution in [0.3, 0.4) is 0 Å². The lowest BCUT2D eigenvalue weighted by molar-refractivity contribution is 0.900. The van der Waals surface area contributed by atoms with Crippen molar-refractivity contribution in [1.29, 1.82) is 0 Å². The average molecular weight is 253 g/mol. The van der Waals surface area contributed by atoms with Gasteiger partial charge in [0.05, 0.1) is 23.3 Å². The second kappa shape index (κ2) is 4.68. The maximum Gasteiger partial charge on any atom is 0.203 e. The number of aryl methyl sites for hydroxylation is 2. The van der Waals surface area contributed by atoms with Gasteiger partial charge in [0.1, 0.15) is 5.82 Å². The SMILES string of the molecule is Cc1nccc(CNc2nc3ccccc3n2C)n1. The summed E-state index contributed by atoms with van der Waals surface area (Å²) < 4.78 is 2.05. The Kier molecular flexibility index (Phi) is 2.87. The second-order valence-electron chi connectivity index (χ2n) is 4.43. The topological polar surface area (TPSA) is 55.6 Å². The van der Waals surface area contributed by atoms with Gasteiger partial charge in [0.15, 0.2) is 0 Å². The molecule has 0 radical (unpaired) electrons. The third kappa shape index (κ3) is 2.27. The van der Waals surface area contributed by atoms with Crippen LogP contribution in [0.4, 0.5) is 5.95 Å². The summed E-state index contributed by atoms with van der Waals surface area (Å²) in [6.45, 7) is 2.53.